The van der Waals surface area contributed by atoms with E-state index in [0.29, 0.717) is 25.1 Å². The quantitative estimate of drug-likeness (QED) is 0.869. The van der Waals surface area contributed by atoms with E-state index in [-0.39, 0.29) is 11.8 Å². The van der Waals surface area contributed by atoms with Crippen molar-refractivity contribution in [2.75, 3.05) is 22.5 Å². The summed E-state index contributed by atoms with van der Waals surface area (Å²) in [6, 6.07) is 9.72. The number of thioether (sulfide) groups is 1. The first-order valence-corrected chi connectivity index (χ1v) is 9.70. The summed E-state index contributed by atoms with van der Waals surface area (Å²) in [6.45, 7) is 6.50. The fourth-order valence-corrected chi connectivity index (χ4v) is 4.08. The first-order valence-electron chi connectivity index (χ1n) is 8.72. The maximum absolute atomic E-state index is 12.4. The molecule has 0 saturated carbocycles. The Hall–Kier alpha value is -2.34. The number of amides is 2. The van der Waals surface area contributed by atoms with E-state index < -0.39 is 0 Å². The number of nitrogens with zero attached hydrogens (tertiary/aromatic N) is 2. The Balaban J connectivity index is 1.60. The van der Waals surface area contributed by atoms with Crippen molar-refractivity contribution in [3.63, 3.8) is 0 Å². The minimum absolute atomic E-state index is 0.0355. The van der Waals surface area contributed by atoms with Crippen LogP contribution in [0, 0.1) is 20.8 Å². The van der Waals surface area contributed by atoms with Crippen LogP contribution in [-0.4, -0.2) is 29.1 Å². The fourth-order valence-electron chi connectivity index (χ4n) is 3.05. The van der Waals surface area contributed by atoms with Crippen molar-refractivity contribution in [3.05, 3.63) is 47.2 Å². The van der Waals surface area contributed by atoms with Gasteiger partial charge in [-0.25, -0.2) is 4.98 Å². The summed E-state index contributed by atoms with van der Waals surface area (Å²) < 4.78 is 0. The molecule has 2 heterocycles. The number of carbonyl (C=O) groups excluding carboxylic acids is 2. The molecule has 0 radical (unpaired) electrons. The standard InChI is InChI=1S/C20H23N3O2S/c1-13-6-8-16(9-7-13)22-17(24)5-4-10-23-18(25)12-26-20-19(23)14(2)11-15(3)21-20/h6-9,11H,4-5,10,12H2,1-3H3,(H,22,24). The lowest BCUT2D eigenvalue weighted by atomic mass is 10.1. The van der Waals surface area contributed by atoms with E-state index in [1.54, 1.807) is 4.90 Å². The summed E-state index contributed by atoms with van der Waals surface area (Å²) in [5.41, 5.74) is 4.86. The molecule has 1 aromatic heterocycles. The molecule has 2 aromatic rings. The predicted molar refractivity (Wildman–Crippen MR) is 106 cm³/mol. The lowest BCUT2D eigenvalue weighted by Crippen LogP contribution is -2.37. The molecule has 0 aliphatic carbocycles. The van der Waals surface area contributed by atoms with Gasteiger partial charge in [0.05, 0.1) is 11.4 Å². The number of hydrogen-bond acceptors (Lipinski definition) is 4. The van der Waals surface area contributed by atoms with Crippen molar-refractivity contribution < 1.29 is 9.59 Å². The van der Waals surface area contributed by atoms with E-state index in [1.165, 1.54) is 11.8 Å². The van der Waals surface area contributed by atoms with Crippen LogP contribution in [0.15, 0.2) is 35.4 Å². The van der Waals surface area contributed by atoms with Crippen molar-refractivity contribution in [2.24, 2.45) is 0 Å². The zero-order chi connectivity index (χ0) is 18.7. The third-order valence-electron chi connectivity index (χ3n) is 4.30. The maximum Gasteiger partial charge on any atom is 0.237 e. The summed E-state index contributed by atoms with van der Waals surface area (Å²) in [5.74, 6) is 0.445. The topological polar surface area (TPSA) is 62.3 Å². The van der Waals surface area contributed by atoms with Gasteiger partial charge < -0.3 is 10.2 Å². The number of hydrogen-bond donors (Lipinski definition) is 1. The van der Waals surface area contributed by atoms with Crippen LogP contribution in [-0.2, 0) is 9.59 Å². The first kappa shape index (κ1) is 18.5. The maximum atomic E-state index is 12.4. The van der Waals surface area contributed by atoms with Crippen LogP contribution >= 0.6 is 11.8 Å². The van der Waals surface area contributed by atoms with E-state index in [4.69, 9.17) is 0 Å². The second-order valence-corrected chi connectivity index (χ2v) is 7.55. The third kappa shape index (κ3) is 4.25. The minimum Gasteiger partial charge on any atom is -0.326 e. The molecule has 5 nitrogen and oxygen atoms in total. The second-order valence-electron chi connectivity index (χ2n) is 6.59. The number of pyridine rings is 1. The van der Waals surface area contributed by atoms with Crippen LogP contribution in [0.4, 0.5) is 11.4 Å². The lowest BCUT2D eigenvalue weighted by Gasteiger charge is -2.30. The molecule has 0 spiro atoms. The Morgan fingerprint density at radius 3 is 2.69 bits per heavy atom. The third-order valence-corrected chi connectivity index (χ3v) is 5.25. The van der Waals surface area contributed by atoms with Crippen LogP contribution in [0.1, 0.15) is 29.7 Å². The molecule has 0 fully saturated rings. The Kier molecular flexibility index (Phi) is 5.61. The van der Waals surface area contributed by atoms with Crippen LogP contribution in [0.5, 0.6) is 0 Å². The van der Waals surface area contributed by atoms with Gasteiger partial charge in [0.1, 0.15) is 5.03 Å². The minimum atomic E-state index is -0.0355. The number of aryl methyl sites for hydroxylation is 3. The molecule has 136 valence electrons. The Bertz CT molecular complexity index is 834. The van der Waals surface area contributed by atoms with Crippen LogP contribution < -0.4 is 10.2 Å². The van der Waals surface area contributed by atoms with Crippen LogP contribution in [0.25, 0.3) is 0 Å². The Morgan fingerprint density at radius 2 is 1.96 bits per heavy atom. The normalized spacial score (nSPS) is 13.5. The predicted octanol–water partition coefficient (Wildman–Crippen LogP) is 3.86. The lowest BCUT2D eigenvalue weighted by molar-refractivity contribution is -0.117. The van der Waals surface area contributed by atoms with Gasteiger partial charge in [-0.3, -0.25) is 9.59 Å². The van der Waals surface area contributed by atoms with E-state index in [9.17, 15) is 9.59 Å². The molecule has 0 atom stereocenters. The molecule has 0 bridgehead atoms. The highest BCUT2D eigenvalue weighted by atomic mass is 32.2. The molecule has 3 rings (SSSR count). The van der Waals surface area contributed by atoms with Crippen molar-refractivity contribution in [1.29, 1.82) is 0 Å². The molecule has 0 unspecified atom stereocenters. The summed E-state index contributed by atoms with van der Waals surface area (Å²) in [5, 5.41) is 3.81. The molecular formula is C20H23N3O2S. The molecule has 26 heavy (non-hydrogen) atoms. The largest absolute Gasteiger partial charge is 0.326 e. The molecule has 1 aliphatic heterocycles. The molecule has 1 aliphatic rings. The number of anilines is 2. The van der Waals surface area contributed by atoms with Gasteiger partial charge in [0.25, 0.3) is 0 Å². The van der Waals surface area contributed by atoms with Gasteiger partial charge in [0.2, 0.25) is 11.8 Å². The highest BCUT2D eigenvalue weighted by molar-refractivity contribution is 8.00. The van der Waals surface area contributed by atoms with Crippen LogP contribution in [0.2, 0.25) is 0 Å². The number of aromatic nitrogens is 1. The SMILES string of the molecule is Cc1ccc(NC(=O)CCCN2C(=O)CSc3nc(C)cc(C)c32)cc1. The molecule has 1 aromatic carbocycles. The summed E-state index contributed by atoms with van der Waals surface area (Å²) in [6.07, 6.45) is 0.985. The number of carbonyl (C=O) groups is 2. The van der Waals surface area contributed by atoms with Crippen molar-refractivity contribution in [2.45, 2.75) is 38.6 Å². The highest BCUT2D eigenvalue weighted by Gasteiger charge is 2.27. The average Bonchev–Trinajstić information content (AvgIpc) is 2.59. The monoisotopic (exact) mass is 369 g/mol. The number of nitrogens with one attached hydrogen (secondary N) is 1. The zero-order valence-electron chi connectivity index (χ0n) is 15.3. The van der Waals surface area contributed by atoms with Gasteiger partial charge in [-0.05, 0) is 51.0 Å². The Morgan fingerprint density at radius 1 is 1.23 bits per heavy atom. The fraction of sp³-hybridized carbons (Fsp3) is 0.350. The summed E-state index contributed by atoms with van der Waals surface area (Å²) in [4.78, 5) is 30.9. The van der Waals surface area contributed by atoms with Gasteiger partial charge in [-0.2, -0.15) is 0 Å². The van der Waals surface area contributed by atoms with Crippen molar-refractivity contribution in [3.8, 4) is 0 Å². The molecule has 1 N–H and O–H groups in total. The molecule has 0 saturated heterocycles. The second kappa shape index (κ2) is 7.91. The summed E-state index contributed by atoms with van der Waals surface area (Å²) >= 11 is 1.49. The average molecular weight is 369 g/mol. The smallest absolute Gasteiger partial charge is 0.237 e. The number of fused-ring (bicyclic) bond motifs is 1. The van der Waals surface area contributed by atoms with E-state index >= 15 is 0 Å². The van der Waals surface area contributed by atoms with Gasteiger partial charge in [-0.15, -0.1) is 0 Å². The van der Waals surface area contributed by atoms with E-state index in [0.717, 1.165) is 33.2 Å². The zero-order valence-corrected chi connectivity index (χ0v) is 16.2. The van der Waals surface area contributed by atoms with Crippen molar-refractivity contribution in [1.82, 2.24) is 4.98 Å². The number of benzene rings is 1. The molecule has 2 amide bonds. The number of rotatable bonds is 5. The van der Waals surface area contributed by atoms with E-state index in [1.807, 2.05) is 51.1 Å². The summed E-state index contributed by atoms with van der Waals surface area (Å²) in [7, 11) is 0. The van der Waals surface area contributed by atoms with E-state index in [2.05, 4.69) is 10.3 Å². The molecule has 6 heteroatoms. The van der Waals surface area contributed by atoms with Gasteiger partial charge in [0.15, 0.2) is 0 Å². The van der Waals surface area contributed by atoms with Crippen molar-refractivity contribution >= 4 is 35.0 Å². The highest BCUT2D eigenvalue weighted by Crippen LogP contribution is 2.36. The molecular weight excluding hydrogens is 346 g/mol. The Labute approximate surface area is 158 Å². The van der Waals surface area contributed by atoms with Crippen LogP contribution in [0.3, 0.4) is 0 Å². The first-order chi connectivity index (χ1) is 12.4. The van der Waals surface area contributed by atoms with Gasteiger partial charge in [0, 0.05) is 24.3 Å². The van der Waals surface area contributed by atoms with Gasteiger partial charge in [-0.1, -0.05) is 29.5 Å². The van der Waals surface area contributed by atoms with Gasteiger partial charge >= 0.3 is 0 Å².